The lowest BCUT2D eigenvalue weighted by Crippen LogP contribution is -2.36. The van der Waals surface area contributed by atoms with Gasteiger partial charge < -0.3 is 14.6 Å². The van der Waals surface area contributed by atoms with Crippen LogP contribution in [0.4, 0.5) is 0 Å². The van der Waals surface area contributed by atoms with Crippen molar-refractivity contribution in [1.82, 2.24) is 4.90 Å². The number of piperidine rings is 1. The number of nitrogens with zero attached hydrogens (tertiary/aromatic N) is 1. The molecule has 0 radical (unpaired) electrons. The zero-order chi connectivity index (χ0) is 12.5. The molecule has 3 rings (SSSR count). The van der Waals surface area contributed by atoms with Crippen molar-refractivity contribution in [3.8, 4) is 17.2 Å². The van der Waals surface area contributed by atoms with Crippen LogP contribution in [0.25, 0.3) is 0 Å². The quantitative estimate of drug-likeness (QED) is 0.874. The first-order valence-corrected chi connectivity index (χ1v) is 6.59. The predicted molar refractivity (Wildman–Crippen MR) is 68.0 cm³/mol. The van der Waals surface area contributed by atoms with E-state index in [4.69, 9.17) is 9.47 Å². The van der Waals surface area contributed by atoms with Crippen molar-refractivity contribution < 1.29 is 14.6 Å². The Morgan fingerprint density at radius 3 is 2.83 bits per heavy atom. The molecule has 1 saturated heterocycles. The number of benzene rings is 1. The van der Waals surface area contributed by atoms with Gasteiger partial charge in [0.15, 0.2) is 11.5 Å². The van der Waals surface area contributed by atoms with Gasteiger partial charge in [-0.2, -0.15) is 0 Å². The molecular weight excluding hydrogens is 230 g/mol. The third-order valence-corrected chi connectivity index (χ3v) is 3.89. The van der Waals surface area contributed by atoms with Crippen molar-refractivity contribution in [2.45, 2.75) is 38.8 Å². The third kappa shape index (κ3) is 2.12. The highest BCUT2D eigenvalue weighted by Gasteiger charge is 2.22. The summed E-state index contributed by atoms with van der Waals surface area (Å²) in [5.41, 5.74) is 0.924. The van der Waals surface area contributed by atoms with E-state index in [1.807, 2.05) is 6.07 Å². The molecule has 1 unspecified atom stereocenters. The fourth-order valence-electron chi connectivity index (χ4n) is 2.71. The summed E-state index contributed by atoms with van der Waals surface area (Å²) in [6, 6.07) is 4.15. The molecule has 0 aromatic heterocycles. The fraction of sp³-hybridized carbons (Fsp3) is 0.571. The van der Waals surface area contributed by atoms with Gasteiger partial charge in [-0.15, -0.1) is 0 Å². The van der Waals surface area contributed by atoms with E-state index in [2.05, 4.69) is 11.8 Å². The first-order valence-electron chi connectivity index (χ1n) is 6.59. The Morgan fingerprint density at radius 1 is 1.28 bits per heavy atom. The highest BCUT2D eigenvalue weighted by atomic mass is 16.7. The summed E-state index contributed by atoms with van der Waals surface area (Å²) < 4.78 is 10.6. The van der Waals surface area contributed by atoms with Gasteiger partial charge in [0.25, 0.3) is 0 Å². The van der Waals surface area contributed by atoms with Crippen LogP contribution in [0.1, 0.15) is 31.7 Å². The van der Waals surface area contributed by atoms with Crippen molar-refractivity contribution in [3.63, 3.8) is 0 Å². The Kier molecular flexibility index (Phi) is 3.04. The maximum atomic E-state index is 10.0. The summed E-state index contributed by atoms with van der Waals surface area (Å²) in [5.74, 6) is 1.69. The molecule has 18 heavy (non-hydrogen) atoms. The number of aromatic hydroxyl groups is 1. The number of phenols is 1. The molecule has 1 atom stereocenters. The SMILES string of the molecule is CC1CCCCN1Cc1cc2c(cc1O)OCO2. The highest BCUT2D eigenvalue weighted by molar-refractivity contribution is 5.51. The Balaban J connectivity index is 1.79. The van der Waals surface area contributed by atoms with Crippen molar-refractivity contribution in [1.29, 1.82) is 0 Å². The van der Waals surface area contributed by atoms with E-state index in [1.54, 1.807) is 6.07 Å². The first kappa shape index (κ1) is 11.7. The lowest BCUT2D eigenvalue weighted by molar-refractivity contribution is 0.151. The van der Waals surface area contributed by atoms with E-state index in [1.165, 1.54) is 19.3 Å². The Labute approximate surface area is 107 Å². The van der Waals surface area contributed by atoms with Crippen LogP contribution in [-0.2, 0) is 6.54 Å². The molecule has 0 saturated carbocycles. The third-order valence-electron chi connectivity index (χ3n) is 3.89. The summed E-state index contributed by atoms with van der Waals surface area (Å²) in [5, 5.41) is 10.0. The molecule has 4 nitrogen and oxygen atoms in total. The number of hydrogen-bond donors (Lipinski definition) is 1. The summed E-state index contributed by atoms with van der Waals surface area (Å²) in [6.07, 6.45) is 3.80. The number of likely N-dealkylation sites (tertiary alicyclic amines) is 1. The van der Waals surface area contributed by atoms with Crippen molar-refractivity contribution >= 4 is 0 Å². The van der Waals surface area contributed by atoms with Gasteiger partial charge in [-0.05, 0) is 32.4 Å². The molecule has 2 heterocycles. The zero-order valence-electron chi connectivity index (χ0n) is 10.7. The summed E-state index contributed by atoms with van der Waals surface area (Å²) in [6.45, 7) is 4.39. The largest absolute Gasteiger partial charge is 0.507 e. The summed E-state index contributed by atoms with van der Waals surface area (Å²) in [7, 11) is 0. The van der Waals surface area contributed by atoms with Crippen LogP contribution >= 0.6 is 0 Å². The molecule has 2 aliphatic rings. The lowest BCUT2D eigenvalue weighted by atomic mass is 10.0. The first-order chi connectivity index (χ1) is 8.74. The van der Waals surface area contributed by atoms with Crippen LogP contribution < -0.4 is 9.47 Å². The molecule has 98 valence electrons. The van der Waals surface area contributed by atoms with E-state index >= 15 is 0 Å². The fourth-order valence-corrected chi connectivity index (χ4v) is 2.71. The number of phenolic OH excluding ortho intramolecular Hbond substituents is 1. The van der Waals surface area contributed by atoms with Gasteiger partial charge in [-0.25, -0.2) is 0 Å². The van der Waals surface area contributed by atoms with Crippen LogP contribution in [0.15, 0.2) is 12.1 Å². The molecule has 1 aromatic carbocycles. The van der Waals surface area contributed by atoms with Crippen LogP contribution in [0, 0.1) is 0 Å². The maximum absolute atomic E-state index is 10.0. The van der Waals surface area contributed by atoms with Gasteiger partial charge in [-0.3, -0.25) is 4.90 Å². The average molecular weight is 249 g/mol. The number of rotatable bonds is 2. The molecular formula is C14H19NO3. The van der Waals surface area contributed by atoms with Crippen LogP contribution in [0.2, 0.25) is 0 Å². The summed E-state index contributed by atoms with van der Waals surface area (Å²) >= 11 is 0. The number of fused-ring (bicyclic) bond motifs is 1. The Hall–Kier alpha value is -1.42. The van der Waals surface area contributed by atoms with E-state index < -0.39 is 0 Å². The molecule has 2 aliphatic heterocycles. The van der Waals surface area contributed by atoms with E-state index in [9.17, 15) is 5.11 Å². The molecule has 1 aromatic rings. The molecule has 0 bridgehead atoms. The van der Waals surface area contributed by atoms with Crippen molar-refractivity contribution in [3.05, 3.63) is 17.7 Å². The van der Waals surface area contributed by atoms with Crippen LogP contribution in [0.3, 0.4) is 0 Å². The van der Waals surface area contributed by atoms with E-state index in [0.717, 1.165) is 24.4 Å². The zero-order valence-corrected chi connectivity index (χ0v) is 10.7. The van der Waals surface area contributed by atoms with E-state index in [0.29, 0.717) is 17.5 Å². The molecule has 4 heteroatoms. The predicted octanol–water partition coefficient (Wildman–Crippen LogP) is 2.50. The minimum absolute atomic E-state index is 0.248. The van der Waals surface area contributed by atoms with Gasteiger partial charge in [0.2, 0.25) is 6.79 Å². The minimum atomic E-state index is 0.248. The molecule has 0 amide bonds. The summed E-state index contributed by atoms with van der Waals surface area (Å²) in [4.78, 5) is 2.42. The molecule has 1 N–H and O–H groups in total. The van der Waals surface area contributed by atoms with E-state index in [-0.39, 0.29) is 6.79 Å². The monoisotopic (exact) mass is 249 g/mol. The molecule has 1 fully saturated rings. The van der Waals surface area contributed by atoms with Crippen LogP contribution in [-0.4, -0.2) is 29.4 Å². The number of ether oxygens (including phenoxy) is 2. The van der Waals surface area contributed by atoms with Gasteiger partial charge >= 0.3 is 0 Å². The smallest absolute Gasteiger partial charge is 0.231 e. The van der Waals surface area contributed by atoms with Crippen molar-refractivity contribution in [2.75, 3.05) is 13.3 Å². The van der Waals surface area contributed by atoms with Gasteiger partial charge in [0, 0.05) is 24.2 Å². The van der Waals surface area contributed by atoms with Gasteiger partial charge in [0.05, 0.1) is 0 Å². The standard InChI is InChI=1S/C14H19NO3/c1-10-4-2-3-5-15(10)8-11-6-13-14(7-12(11)16)18-9-17-13/h6-7,10,16H,2-5,8-9H2,1H3. The Bertz CT molecular complexity index is 447. The maximum Gasteiger partial charge on any atom is 0.231 e. The average Bonchev–Trinajstić information content (AvgIpc) is 2.79. The van der Waals surface area contributed by atoms with Crippen LogP contribution in [0.5, 0.6) is 17.2 Å². The second kappa shape index (κ2) is 4.69. The topological polar surface area (TPSA) is 41.9 Å². The molecule has 0 aliphatic carbocycles. The molecule has 0 spiro atoms. The normalized spacial score (nSPS) is 23.3. The second-order valence-electron chi connectivity index (χ2n) is 5.15. The Morgan fingerprint density at radius 2 is 2.06 bits per heavy atom. The second-order valence-corrected chi connectivity index (χ2v) is 5.15. The van der Waals surface area contributed by atoms with Gasteiger partial charge in [0.1, 0.15) is 5.75 Å². The van der Waals surface area contributed by atoms with Crippen molar-refractivity contribution in [2.24, 2.45) is 0 Å². The number of hydrogen-bond acceptors (Lipinski definition) is 4. The lowest BCUT2D eigenvalue weighted by Gasteiger charge is -2.33. The van der Waals surface area contributed by atoms with Gasteiger partial charge in [-0.1, -0.05) is 6.42 Å². The minimum Gasteiger partial charge on any atom is -0.507 e. The highest BCUT2D eigenvalue weighted by Crippen LogP contribution is 2.38.